The number of halogens is 1. The van der Waals surface area contributed by atoms with Crippen LogP contribution >= 0.6 is 0 Å². The lowest BCUT2D eigenvalue weighted by Gasteiger charge is -2.26. The predicted octanol–water partition coefficient (Wildman–Crippen LogP) is 4.13. The molecule has 2 heterocycles. The van der Waals surface area contributed by atoms with Gasteiger partial charge in [0.2, 0.25) is 0 Å². The third kappa shape index (κ3) is 4.66. The zero-order valence-electron chi connectivity index (χ0n) is 16.3. The van der Waals surface area contributed by atoms with Crippen molar-refractivity contribution >= 4 is 11.8 Å². The molecule has 2 amide bonds. The van der Waals surface area contributed by atoms with Gasteiger partial charge in [0, 0.05) is 12.7 Å². The van der Waals surface area contributed by atoms with E-state index in [1.54, 1.807) is 16.8 Å². The highest BCUT2D eigenvalue weighted by Gasteiger charge is 2.29. The Balaban J connectivity index is 1.78. The third-order valence-electron chi connectivity index (χ3n) is 4.56. The Morgan fingerprint density at radius 1 is 1.33 bits per heavy atom. The number of rotatable bonds is 4. The summed E-state index contributed by atoms with van der Waals surface area (Å²) < 4.78 is 20.9. The molecule has 1 aromatic carbocycles. The van der Waals surface area contributed by atoms with Crippen molar-refractivity contribution in [3.63, 3.8) is 0 Å². The zero-order chi connectivity index (χ0) is 19.6. The summed E-state index contributed by atoms with van der Waals surface area (Å²) in [6, 6.07) is 7.32. The number of aromatic nitrogens is 2. The monoisotopic (exact) mass is 374 g/mol. The van der Waals surface area contributed by atoms with Crippen molar-refractivity contribution in [1.82, 2.24) is 15.1 Å². The summed E-state index contributed by atoms with van der Waals surface area (Å²) in [5, 5.41) is 10.4. The van der Waals surface area contributed by atoms with Crippen molar-refractivity contribution in [2.24, 2.45) is 0 Å². The van der Waals surface area contributed by atoms with Crippen LogP contribution in [0.25, 0.3) is 0 Å². The first-order valence-corrected chi connectivity index (χ1v) is 9.26. The first kappa shape index (κ1) is 19.4. The smallest absolute Gasteiger partial charge is 0.320 e. The number of aryl methyl sites for hydroxylation is 1. The molecular weight excluding hydrogens is 347 g/mol. The first-order chi connectivity index (χ1) is 12.7. The van der Waals surface area contributed by atoms with Crippen LogP contribution in [0, 0.1) is 12.7 Å². The van der Waals surface area contributed by atoms with Gasteiger partial charge in [-0.25, -0.2) is 13.9 Å². The number of nitrogens with zero attached hydrogens (tertiary/aromatic N) is 2. The van der Waals surface area contributed by atoms with E-state index in [-0.39, 0.29) is 29.5 Å². The van der Waals surface area contributed by atoms with Crippen molar-refractivity contribution in [1.29, 1.82) is 0 Å². The molecule has 2 aromatic rings. The number of nitrogens with one attached hydrogen (secondary N) is 2. The molecule has 0 aliphatic carbocycles. The molecule has 1 fully saturated rings. The van der Waals surface area contributed by atoms with Gasteiger partial charge in [-0.15, -0.1) is 0 Å². The second kappa shape index (κ2) is 7.68. The van der Waals surface area contributed by atoms with Crippen LogP contribution in [0.2, 0.25) is 0 Å². The van der Waals surface area contributed by atoms with E-state index in [2.05, 4.69) is 15.7 Å². The first-order valence-electron chi connectivity index (χ1n) is 9.26. The Hall–Kier alpha value is -2.41. The number of carbonyl (C=O) groups is 1. The quantitative estimate of drug-likeness (QED) is 0.846. The van der Waals surface area contributed by atoms with Crippen molar-refractivity contribution in [3.05, 3.63) is 47.4 Å². The highest BCUT2D eigenvalue weighted by atomic mass is 19.1. The molecule has 0 spiro atoms. The Bertz CT molecular complexity index is 789. The number of hydrogen-bond donors (Lipinski definition) is 2. The number of anilines is 1. The Labute approximate surface area is 159 Å². The molecule has 146 valence electrons. The van der Waals surface area contributed by atoms with E-state index in [0.717, 1.165) is 24.1 Å². The highest BCUT2D eigenvalue weighted by Crippen LogP contribution is 2.28. The standard InChI is InChI=1S/C20H27FN4O2/c1-13-12-17(25(24-13)20(2,3)4)22-19(26)23-18(16-6-5-11-27-16)14-7-9-15(21)10-8-14/h7-10,12,16,18H,5-6,11H2,1-4H3,(H2,22,23,26)/t16-,18-/m1/s1. The molecule has 7 heteroatoms. The van der Waals surface area contributed by atoms with E-state index in [1.165, 1.54) is 12.1 Å². The molecular formula is C20H27FN4O2. The van der Waals surface area contributed by atoms with Crippen LogP contribution in [0.1, 0.15) is 50.9 Å². The van der Waals surface area contributed by atoms with Crippen molar-refractivity contribution in [3.8, 4) is 0 Å². The summed E-state index contributed by atoms with van der Waals surface area (Å²) in [4.78, 5) is 12.7. The van der Waals surface area contributed by atoms with E-state index < -0.39 is 0 Å². The SMILES string of the molecule is Cc1cc(NC(=O)N[C@H](c2ccc(F)cc2)[C@H]2CCCO2)n(C(C)(C)C)n1. The largest absolute Gasteiger partial charge is 0.376 e. The summed E-state index contributed by atoms with van der Waals surface area (Å²) in [6.07, 6.45) is 1.67. The van der Waals surface area contributed by atoms with Crippen LogP contribution in [0.5, 0.6) is 0 Å². The third-order valence-corrected chi connectivity index (χ3v) is 4.56. The van der Waals surface area contributed by atoms with Gasteiger partial charge < -0.3 is 10.1 Å². The van der Waals surface area contributed by atoms with Crippen molar-refractivity contribution < 1.29 is 13.9 Å². The number of urea groups is 1. The molecule has 3 rings (SSSR count). The average molecular weight is 374 g/mol. The molecule has 1 aliphatic rings. The minimum Gasteiger partial charge on any atom is -0.376 e. The molecule has 1 aliphatic heterocycles. The maximum Gasteiger partial charge on any atom is 0.320 e. The van der Waals surface area contributed by atoms with E-state index >= 15 is 0 Å². The number of benzene rings is 1. The van der Waals surface area contributed by atoms with Crippen LogP contribution in [0.3, 0.4) is 0 Å². The molecule has 2 atom stereocenters. The molecule has 0 radical (unpaired) electrons. The Morgan fingerprint density at radius 3 is 2.63 bits per heavy atom. The number of ether oxygens (including phenoxy) is 1. The summed E-state index contributed by atoms with van der Waals surface area (Å²) in [6.45, 7) is 8.63. The lowest BCUT2D eigenvalue weighted by Crippen LogP contribution is -2.39. The highest BCUT2D eigenvalue weighted by molar-refractivity contribution is 5.88. The lowest BCUT2D eigenvalue weighted by atomic mass is 9.99. The minimum absolute atomic E-state index is 0.129. The van der Waals surface area contributed by atoms with E-state index in [0.29, 0.717) is 12.4 Å². The Kier molecular flexibility index (Phi) is 5.51. The molecule has 0 saturated carbocycles. The molecule has 2 N–H and O–H groups in total. The van der Waals surface area contributed by atoms with Gasteiger partial charge in [0.1, 0.15) is 11.6 Å². The van der Waals surface area contributed by atoms with Gasteiger partial charge in [-0.1, -0.05) is 12.1 Å². The van der Waals surface area contributed by atoms with Gasteiger partial charge in [0.05, 0.1) is 23.4 Å². The second-order valence-corrected chi connectivity index (χ2v) is 7.93. The fourth-order valence-corrected chi connectivity index (χ4v) is 3.32. The zero-order valence-corrected chi connectivity index (χ0v) is 16.3. The summed E-state index contributed by atoms with van der Waals surface area (Å²) in [7, 11) is 0. The fraction of sp³-hybridized carbons (Fsp3) is 0.500. The minimum atomic E-state index is -0.347. The maximum absolute atomic E-state index is 13.3. The van der Waals surface area contributed by atoms with Crippen LogP contribution < -0.4 is 10.6 Å². The summed E-state index contributed by atoms with van der Waals surface area (Å²) in [5.74, 6) is 0.321. The topological polar surface area (TPSA) is 68.2 Å². The maximum atomic E-state index is 13.3. The lowest BCUT2D eigenvalue weighted by molar-refractivity contribution is 0.0815. The fourth-order valence-electron chi connectivity index (χ4n) is 3.32. The molecule has 1 aromatic heterocycles. The predicted molar refractivity (Wildman–Crippen MR) is 102 cm³/mol. The van der Waals surface area contributed by atoms with Crippen LogP contribution in [0.4, 0.5) is 15.0 Å². The normalized spacial score (nSPS) is 18.3. The van der Waals surface area contributed by atoms with Crippen molar-refractivity contribution in [2.45, 2.75) is 58.2 Å². The van der Waals surface area contributed by atoms with Crippen LogP contribution in [0.15, 0.2) is 30.3 Å². The van der Waals surface area contributed by atoms with Gasteiger partial charge in [-0.3, -0.25) is 5.32 Å². The van der Waals surface area contributed by atoms with E-state index in [1.807, 2.05) is 33.8 Å². The number of hydrogen-bond acceptors (Lipinski definition) is 3. The van der Waals surface area contributed by atoms with E-state index in [4.69, 9.17) is 4.74 Å². The van der Waals surface area contributed by atoms with Crippen LogP contribution in [-0.2, 0) is 10.3 Å². The molecule has 0 bridgehead atoms. The average Bonchev–Trinajstić information content (AvgIpc) is 3.23. The van der Waals surface area contributed by atoms with Crippen LogP contribution in [-0.4, -0.2) is 28.5 Å². The molecule has 27 heavy (non-hydrogen) atoms. The molecule has 0 unspecified atom stereocenters. The molecule has 1 saturated heterocycles. The molecule has 6 nitrogen and oxygen atoms in total. The van der Waals surface area contributed by atoms with Gasteiger partial charge in [0.15, 0.2) is 0 Å². The summed E-state index contributed by atoms with van der Waals surface area (Å²) >= 11 is 0. The number of carbonyl (C=O) groups excluding carboxylic acids is 1. The second-order valence-electron chi connectivity index (χ2n) is 7.93. The summed E-state index contributed by atoms with van der Waals surface area (Å²) in [5.41, 5.74) is 1.38. The van der Waals surface area contributed by atoms with Gasteiger partial charge in [-0.05, 0) is 58.2 Å². The number of amides is 2. The van der Waals surface area contributed by atoms with Crippen molar-refractivity contribution in [2.75, 3.05) is 11.9 Å². The van der Waals surface area contributed by atoms with Gasteiger partial charge in [0.25, 0.3) is 0 Å². The van der Waals surface area contributed by atoms with E-state index in [9.17, 15) is 9.18 Å². The van der Waals surface area contributed by atoms with Gasteiger partial charge >= 0.3 is 6.03 Å². The van der Waals surface area contributed by atoms with Gasteiger partial charge in [-0.2, -0.15) is 5.10 Å². The Morgan fingerprint density at radius 2 is 2.04 bits per heavy atom.